The van der Waals surface area contributed by atoms with Crippen LogP contribution in [-0.2, 0) is 10.0 Å². The maximum absolute atomic E-state index is 13.5. The molecule has 2 aromatic rings. The van der Waals surface area contributed by atoms with Crippen molar-refractivity contribution in [1.82, 2.24) is 4.98 Å². The van der Waals surface area contributed by atoms with Gasteiger partial charge >= 0.3 is 5.97 Å². The zero-order chi connectivity index (χ0) is 15.6. The number of anilines is 1. The maximum atomic E-state index is 13.5. The minimum absolute atomic E-state index is 0.0447. The molecule has 0 fully saturated rings. The summed E-state index contributed by atoms with van der Waals surface area (Å²) in [4.78, 5) is 14.5. The van der Waals surface area contributed by atoms with Crippen molar-refractivity contribution in [2.45, 2.75) is 11.9 Å². The van der Waals surface area contributed by atoms with Crippen LogP contribution in [0.5, 0.6) is 0 Å². The number of benzene rings is 1. The fraction of sp³-hybridized carbons (Fsp3) is 0.0769. The van der Waals surface area contributed by atoms with E-state index in [1.165, 1.54) is 31.2 Å². The highest BCUT2D eigenvalue weighted by Crippen LogP contribution is 2.22. The summed E-state index contributed by atoms with van der Waals surface area (Å²) in [5.41, 5.74) is 0.238. The van der Waals surface area contributed by atoms with Gasteiger partial charge in [0.25, 0.3) is 10.0 Å². The number of sulfonamides is 1. The molecule has 0 atom stereocenters. The topological polar surface area (TPSA) is 96.4 Å². The molecule has 1 heterocycles. The molecule has 2 N–H and O–H groups in total. The smallest absolute Gasteiger partial charge is 0.336 e. The third-order valence-electron chi connectivity index (χ3n) is 2.79. The van der Waals surface area contributed by atoms with E-state index in [-0.39, 0.29) is 16.8 Å². The van der Waals surface area contributed by atoms with Crippen LogP contribution in [0.25, 0.3) is 0 Å². The van der Waals surface area contributed by atoms with Gasteiger partial charge in [-0.1, -0.05) is 6.07 Å². The first kappa shape index (κ1) is 14.9. The van der Waals surface area contributed by atoms with Gasteiger partial charge in [0.1, 0.15) is 0 Å². The van der Waals surface area contributed by atoms with E-state index in [1.54, 1.807) is 0 Å². The lowest BCUT2D eigenvalue weighted by molar-refractivity contribution is 0.0696. The first-order valence-electron chi connectivity index (χ1n) is 5.79. The van der Waals surface area contributed by atoms with Crippen molar-refractivity contribution in [1.29, 1.82) is 0 Å². The van der Waals surface area contributed by atoms with Gasteiger partial charge in [-0.3, -0.25) is 4.72 Å². The monoisotopic (exact) mass is 310 g/mol. The van der Waals surface area contributed by atoms with E-state index in [2.05, 4.69) is 9.71 Å². The Hall–Kier alpha value is -2.48. The lowest BCUT2D eigenvalue weighted by Crippen LogP contribution is -2.17. The second-order valence-corrected chi connectivity index (χ2v) is 5.78. The normalized spacial score (nSPS) is 11.1. The first-order chi connectivity index (χ1) is 9.83. The third kappa shape index (κ3) is 3.00. The Balaban J connectivity index is 2.45. The second kappa shape index (κ2) is 5.49. The van der Waals surface area contributed by atoms with E-state index < -0.39 is 26.8 Å². The van der Waals surface area contributed by atoms with Crippen LogP contribution in [0.4, 0.5) is 10.1 Å². The van der Waals surface area contributed by atoms with E-state index in [1.807, 2.05) is 0 Å². The number of hydrogen-bond acceptors (Lipinski definition) is 4. The molecular weight excluding hydrogens is 299 g/mol. The Morgan fingerprint density at radius 1 is 1.29 bits per heavy atom. The first-order valence-corrected chi connectivity index (χ1v) is 7.27. The van der Waals surface area contributed by atoms with Crippen molar-refractivity contribution >= 4 is 21.7 Å². The molecule has 21 heavy (non-hydrogen) atoms. The van der Waals surface area contributed by atoms with Gasteiger partial charge in [-0.05, 0) is 36.8 Å². The van der Waals surface area contributed by atoms with Gasteiger partial charge in [-0.15, -0.1) is 0 Å². The van der Waals surface area contributed by atoms with Crippen LogP contribution in [0.2, 0.25) is 0 Å². The highest BCUT2D eigenvalue weighted by molar-refractivity contribution is 7.92. The van der Waals surface area contributed by atoms with Crippen molar-refractivity contribution in [3.05, 3.63) is 53.5 Å². The van der Waals surface area contributed by atoms with Crippen LogP contribution in [0.3, 0.4) is 0 Å². The van der Waals surface area contributed by atoms with Crippen molar-refractivity contribution in [3.63, 3.8) is 0 Å². The zero-order valence-corrected chi connectivity index (χ0v) is 11.7. The number of halogens is 1. The van der Waals surface area contributed by atoms with Crippen LogP contribution in [-0.4, -0.2) is 24.5 Å². The fourth-order valence-electron chi connectivity index (χ4n) is 1.74. The molecule has 0 saturated heterocycles. The third-order valence-corrected chi connectivity index (χ3v) is 4.09. The molecule has 1 aromatic heterocycles. The van der Waals surface area contributed by atoms with Crippen LogP contribution < -0.4 is 4.72 Å². The summed E-state index contributed by atoms with van der Waals surface area (Å²) < 4.78 is 39.9. The number of carbonyl (C=O) groups is 1. The van der Waals surface area contributed by atoms with Crippen LogP contribution in [0, 0.1) is 12.7 Å². The minimum Gasteiger partial charge on any atom is -0.478 e. The Morgan fingerprint density at radius 3 is 2.62 bits per heavy atom. The summed E-state index contributed by atoms with van der Waals surface area (Å²) in [5, 5.41) is 8.25. The molecule has 8 heteroatoms. The number of carboxylic acids is 1. The Bertz CT molecular complexity index is 806. The molecule has 0 aliphatic rings. The van der Waals surface area contributed by atoms with E-state index in [9.17, 15) is 17.6 Å². The standard InChI is InChI=1S/C13H11FN2O4S/c1-8-9(13(17)18)4-2-6-11(8)16-21(19,20)12-10(14)5-3-7-15-12/h2-7,16H,1H3,(H,17,18). The number of aromatic nitrogens is 1. The Labute approximate surface area is 120 Å². The number of hydrogen-bond donors (Lipinski definition) is 2. The van der Waals surface area contributed by atoms with Gasteiger partial charge in [0.15, 0.2) is 5.82 Å². The summed E-state index contributed by atoms with van der Waals surface area (Å²) in [7, 11) is -4.24. The van der Waals surface area contributed by atoms with Crippen molar-refractivity contribution in [2.75, 3.05) is 4.72 Å². The van der Waals surface area contributed by atoms with Crippen LogP contribution in [0.1, 0.15) is 15.9 Å². The molecule has 6 nitrogen and oxygen atoms in total. The predicted octanol–water partition coefficient (Wildman–Crippen LogP) is 2.03. The summed E-state index contributed by atoms with van der Waals surface area (Å²) in [6, 6.07) is 6.37. The summed E-state index contributed by atoms with van der Waals surface area (Å²) >= 11 is 0. The largest absolute Gasteiger partial charge is 0.478 e. The molecular formula is C13H11FN2O4S. The molecule has 0 bridgehead atoms. The van der Waals surface area contributed by atoms with Gasteiger partial charge in [-0.25, -0.2) is 14.2 Å². The number of pyridine rings is 1. The highest BCUT2D eigenvalue weighted by Gasteiger charge is 2.22. The number of aromatic carboxylic acids is 1. The molecule has 0 spiro atoms. The number of nitrogens with zero attached hydrogens (tertiary/aromatic N) is 1. The van der Waals surface area contributed by atoms with E-state index in [4.69, 9.17) is 5.11 Å². The molecule has 0 saturated carbocycles. The highest BCUT2D eigenvalue weighted by atomic mass is 32.2. The lowest BCUT2D eigenvalue weighted by Gasteiger charge is -2.11. The lowest BCUT2D eigenvalue weighted by atomic mass is 10.1. The van der Waals surface area contributed by atoms with Gasteiger partial charge in [0.2, 0.25) is 5.03 Å². The zero-order valence-electron chi connectivity index (χ0n) is 10.9. The quantitative estimate of drug-likeness (QED) is 0.900. The second-order valence-electron chi connectivity index (χ2n) is 4.18. The van der Waals surface area contributed by atoms with Crippen molar-refractivity contribution in [2.24, 2.45) is 0 Å². The van der Waals surface area contributed by atoms with Crippen molar-refractivity contribution < 1.29 is 22.7 Å². The number of nitrogens with one attached hydrogen (secondary N) is 1. The molecule has 0 radical (unpaired) electrons. The minimum atomic E-state index is -4.24. The van der Waals surface area contributed by atoms with Gasteiger partial charge < -0.3 is 5.11 Å². The molecule has 110 valence electrons. The van der Waals surface area contributed by atoms with Gasteiger partial charge in [0.05, 0.1) is 11.3 Å². The van der Waals surface area contributed by atoms with E-state index in [0.717, 1.165) is 12.3 Å². The summed E-state index contributed by atoms with van der Waals surface area (Å²) in [6.45, 7) is 1.45. The van der Waals surface area contributed by atoms with Gasteiger partial charge in [-0.2, -0.15) is 8.42 Å². The van der Waals surface area contributed by atoms with Crippen molar-refractivity contribution in [3.8, 4) is 0 Å². The maximum Gasteiger partial charge on any atom is 0.336 e. The molecule has 1 aromatic carbocycles. The predicted molar refractivity (Wildman–Crippen MR) is 73.1 cm³/mol. The van der Waals surface area contributed by atoms with Gasteiger partial charge in [0, 0.05) is 6.20 Å². The van der Waals surface area contributed by atoms with Crippen LogP contribution in [0.15, 0.2) is 41.6 Å². The van der Waals surface area contributed by atoms with E-state index >= 15 is 0 Å². The number of rotatable bonds is 4. The molecule has 2 rings (SSSR count). The summed E-state index contributed by atoms with van der Waals surface area (Å²) in [5.74, 6) is -2.17. The molecule has 0 amide bonds. The number of carboxylic acid groups (broad SMARTS) is 1. The Kier molecular flexibility index (Phi) is 3.90. The molecule has 0 aliphatic carbocycles. The Morgan fingerprint density at radius 2 is 2.00 bits per heavy atom. The van der Waals surface area contributed by atoms with E-state index in [0.29, 0.717) is 0 Å². The average molecular weight is 310 g/mol. The average Bonchev–Trinajstić information content (AvgIpc) is 2.41. The SMILES string of the molecule is Cc1c(NS(=O)(=O)c2ncccc2F)cccc1C(=O)O. The molecule has 0 unspecified atom stereocenters. The van der Waals surface area contributed by atoms with Crippen LogP contribution >= 0.6 is 0 Å². The fourth-order valence-corrected chi connectivity index (χ4v) is 2.87. The summed E-state index contributed by atoms with van der Waals surface area (Å²) in [6.07, 6.45) is 1.15. The molecule has 0 aliphatic heterocycles.